The van der Waals surface area contributed by atoms with E-state index in [2.05, 4.69) is 50.1 Å². The van der Waals surface area contributed by atoms with Crippen molar-refractivity contribution in [2.45, 2.75) is 26.3 Å². The van der Waals surface area contributed by atoms with Crippen molar-refractivity contribution in [3.63, 3.8) is 0 Å². The predicted molar refractivity (Wildman–Crippen MR) is 67.1 cm³/mol. The highest BCUT2D eigenvalue weighted by atomic mass is 15.1. The fraction of sp³-hybridized carbons (Fsp3) is 0.538. The number of benzene rings is 1. The highest BCUT2D eigenvalue weighted by molar-refractivity contribution is 5.46. The van der Waals surface area contributed by atoms with E-state index in [0.717, 1.165) is 0 Å². The number of nitrogens with zero attached hydrogens (tertiary/aromatic N) is 1. The number of nitrogens with two attached hydrogens (primary N) is 1. The smallest absolute Gasteiger partial charge is 0.0434 e. The summed E-state index contributed by atoms with van der Waals surface area (Å²) >= 11 is 0. The Kier molecular flexibility index (Phi) is 4.63. The van der Waals surface area contributed by atoms with Gasteiger partial charge in [-0.2, -0.15) is 0 Å². The molecule has 15 heavy (non-hydrogen) atoms. The molecule has 0 aliphatic carbocycles. The van der Waals surface area contributed by atoms with Gasteiger partial charge in [0.25, 0.3) is 0 Å². The third-order valence-corrected chi connectivity index (χ3v) is 3.20. The van der Waals surface area contributed by atoms with Crippen molar-refractivity contribution in [3.05, 3.63) is 30.3 Å². The molecule has 0 aliphatic rings. The Morgan fingerprint density at radius 3 is 2.33 bits per heavy atom. The first-order valence-corrected chi connectivity index (χ1v) is 5.68. The molecule has 0 aliphatic heterocycles. The molecule has 84 valence electrons. The zero-order valence-electron chi connectivity index (χ0n) is 9.98. The normalized spacial score (nSPS) is 14.7. The van der Waals surface area contributed by atoms with Crippen LogP contribution in [0, 0.1) is 5.92 Å². The molecular formula is C13H22N2. The Morgan fingerprint density at radius 1 is 1.27 bits per heavy atom. The van der Waals surface area contributed by atoms with Gasteiger partial charge in [0, 0.05) is 25.3 Å². The molecule has 0 amide bonds. The Hall–Kier alpha value is -1.02. The van der Waals surface area contributed by atoms with Crippen molar-refractivity contribution in [1.29, 1.82) is 0 Å². The second-order valence-electron chi connectivity index (χ2n) is 4.14. The molecular weight excluding hydrogens is 184 g/mol. The molecule has 1 rings (SSSR count). The van der Waals surface area contributed by atoms with E-state index in [9.17, 15) is 0 Å². The highest BCUT2D eigenvalue weighted by Gasteiger charge is 2.18. The summed E-state index contributed by atoms with van der Waals surface area (Å²) in [7, 11) is 2.12. The van der Waals surface area contributed by atoms with Gasteiger partial charge in [-0.05, 0) is 18.1 Å². The van der Waals surface area contributed by atoms with Gasteiger partial charge in [-0.15, -0.1) is 0 Å². The maximum Gasteiger partial charge on any atom is 0.0434 e. The van der Waals surface area contributed by atoms with Gasteiger partial charge in [0.05, 0.1) is 0 Å². The van der Waals surface area contributed by atoms with E-state index in [-0.39, 0.29) is 0 Å². The molecule has 0 saturated carbocycles. The number of hydrogen-bond donors (Lipinski definition) is 1. The average molecular weight is 206 g/mol. The average Bonchev–Trinajstić information content (AvgIpc) is 2.30. The highest BCUT2D eigenvalue weighted by Crippen LogP contribution is 2.19. The largest absolute Gasteiger partial charge is 0.370 e. The first-order chi connectivity index (χ1) is 7.20. The zero-order chi connectivity index (χ0) is 11.3. The molecule has 0 bridgehead atoms. The third-order valence-electron chi connectivity index (χ3n) is 3.20. The van der Waals surface area contributed by atoms with Crippen molar-refractivity contribution < 1.29 is 0 Å². The zero-order valence-corrected chi connectivity index (χ0v) is 9.98. The molecule has 2 N–H and O–H groups in total. The molecule has 2 heteroatoms. The number of likely N-dealkylation sites (N-methyl/N-ethyl adjacent to an activating group) is 1. The SMILES string of the molecule is CCC(C)C(CN)N(C)c1ccccc1. The lowest BCUT2D eigenvalue weighted by atomic mass is 9.97. The number of para-hydroxylation sites is 1. The van der Waals surface area contributed by atoms with Crippen molar-refractivity contribution in [3.8, 4) is 0 Å². The van der Waals surface area contributed by atoms with Gasteiger partial charge in [-0.3, -0.25) is 0 Å². The van der Waals surface area contributed by atoms with Crippen molar-refractivity contribution in [2.24, 2.45) is 11.7 Å². The number of anilines is 1. The molecule has 1 aromatic rings. The van der Waals surface area contributed by atoms with Gasteiger partial charge in [-0.25, -0.2) is 0 Å². The lowest BCUT2D eigenvalue weighted by molar-refractivity contribution is 0.433. The quantitative estimate of drug-likeness (QED) is 0.802. The first kappa shape index (κ1) is 12.1. The number of rotatable bonds is 5. The molecule has 1 aromatic carbocycles. The van der Waals surface area contributed by atoms with E-state index >= 15 is 0 Å². The molecule has 0 heterocycles. The van der Waals surface area contributed by atoms with E-state index in [0.29, 0.717) is 18.5 Å². The van der Waals surface area contributed by atoms with Crippen molar-refractivity contribution >= 4 is 5.69 Å². The Bertz CT molecular complexity index is 271. The van der Waals surface area contributed by atoms with Gasteiger partial charge in [-0.1, -0.05) is 38.5 Å². The standard InChI is InChI=1S/C13H22N2/c1-4-11(2)13(10-14)15(3)12-8-6-5-7-9-12/h5-9,11,13H,4,10,14H2,1-3H3. The Labute approximate surface area is 93.1 Å². The minimum atomic E-state index is 0.428. The van der Waals surface area contributed by atoms with Gasteiger partial charge < -0.3 is 10.6 Å². The van der Waals surface area contributed by atoms with E-state index in [1.807, 2.05) is 6.07 Å². The fourth-order valence-corrected chi connectivity index (χ4v) is 1.90. The molecule has 0 saturated heterocycles. The van der Waals surface area contributed by atoms with Gasteiger partial charge in [0.15, 0.2) is 0 Å². The Balaban J connectivity index is 2.77. The molecule has 2 unspecified atom stereocenters. The maximum atomic E-state index is 5.85. The monoisotopic (exact) mass is 206 g/mol. The maximum absolute atomic E-state index is 5.85. The number of hydrogen-bond acceptors (Lipinski definition) is 2. The molecule has 0 fully saturated rings. The fourth-order valence-electron chi connectivity index (χ4n) is 1.90. The third kappa shape index (κ3) is 2.96. The van der Waals surface area contributed by atoms with Gasteiger partial charge in [0.1, 0.15) is 0 Å². The van der Waals surface area contributed by atoms with E-state index in [1.54, 1.807) is 0 Å². The summed E-state index contributed by atoms with van der Waals surface area (Å²) in [6.07, 6.45) is 1.17. The van der Waals surface area contributed by atoms with Crippen LogP contribution in [0.2, 0.25) is 0 Å². The molecule has 0 spiro atoms. The van der Waals surface area contributed by atoms with E-state index in [4.69, 9.17) is 5.73 Å². The summed E-state index contributed by atoms with van der Waals surface area (Å²) in [6, 6.07) is 10.9. The molecule has 2 atom stereocenters. The van der Waals surface area contributed by atoms with Gasteiger partial charge in [0.2, 0.25) is 0 Å². The molecule has 0 radical (unpaired) electrons. The lowest BCUT2D eigenvalue weighted by Crippen LogP contribution is -2.42. The van der Waals surface area contributed by atoms with Crippen LogP contribution >= 0.6 is 0 Å². The second-order valence-corrected chi connectivity index (χ2v) is 4.14. The molecule has 0 aromatic heterocycles. The van der Waals surface area contributed by atoms with Crippen LogP contribution in [0.1, 0.15) is 20.3 Å². The van der Waals surface area contributed by atoms with Crippen LogP contribution in [-0.2, 0) is 0 Å². The van der Waals surface area contributed by atoms with Crippen LogP contribution in [-0.4, -0.2) is 19.6 Å². The second kappa shape index (κ2) is 5.76. The van der Waals surface area contributed by atoms with Crippen LogP contribution in [0.5, 0.6) is 0 Å². The summed E-state index contributed by atoms with van der Waals surface area (Å²) in [5.41, 5.74) is 7.09. The lowest BCUT2D eigenvalue weighted by Gasteiger charge is -2.33. The predicted octanol–water partition coefficient (Wildman–Crippen LogP) is 2.50. The van der Waals surface area contributed by atoms with Crippen LogP contribution in [0.25, 0.3) is 0 Å². The summed E-state index contributed by atoms with van der Waals surface area (Å²) in [4.78, 5) is 2.29. The summed E-state index contributed by atoms with van der Waals surface area (Å²) in [6.45, 7) is 5.18. The van der Waals surface area contributed by atoms with Crippen molar-refractivity contribution in [2.75, 3.05) is 18.5 Å². The first-order valence-electron chi connectivity index (χ1n) is 5.68. The topological polar surface area (TPSA) is 29.3 Å². The summed E-state index contributed by atoms with van der Waals surface area (Å²) in [5.74, 6) is 0.625. The van der Waals surface area contributed by atoms with Crippen molar-refractivity contribution in [1.82, 2.24) is 0 Å². The minimum Gasteiger partial charge on any atom is -0.370 e. The molecule has 2 nitrogen and oxygen atoms in total. The Morgan fingerprint density at radius 2 is 1.87 bits per heavy atom. The van der Waals surface area contributed by atoms with E-state index in [1.165, 1.54) is 12.1 Å². The van der Waals surface area contributed by atoms with Crippen LogP contribution in [0.3, 0.4) is 0 Å². The van der Waals surface area contributed by atoms with Crippen LogP contribution in [0.4, 0.5) is 5.69 Å². The minimum absolute atomic E-state index is 0.428. The summed E-state index contributed by atoms with van der Waals surface area (Å²) < 4.78 is 0. The van der Waals surface area contributed by atoms with Crippen LogP contribution < -0.4 is 10.6 Å². The van der Waals surface area contributed by atoms with Gasteiger partial charge >= 0.3 is 0 Å². The van der Waals surface area contributed by atoms with Crippen LogP contribution in [0.15, 0.2) is 30.3 Å². The van der Waals surface area contributed by atoms with E-state index < -0.39 is 0 Å². The summed E-state index contributed by atoms with van der Waals surface area (Å²) in [5, 5.41) is 0.